The Kier molecular flexibility index (Phi) is 8.74. The standard InChI is InChI=1S/C22H23Cl2N5O4S3/c1-28(2)6-5-25-22-26-9-15(36-22)12-10-34-21-18(35-11-3-4-13(23)14(24)7-11)20(33)29(21)19(12)27-16(30)8-17(31)32/h3-4,7,9,18,21H,5-6,8,10H2,1-2H3,(H,25,26)(H,27,30)(H,31,32). The first-order chi connectivity index (χ1) is 17.1. The first-order valence-corrected chi connectivity index (χ1v) is 14.3. The van der Waals surface area contributed by atoms with Crippen LogP contribution in [-0.4, -0.2) is 81.2 Å². The SMILES string of the molecule is CN(C)CCNc1ncc(C2=C(NC(=O)CC(=O)O)N3C(=O)C(Sc4ccc(Cl)c(Cl)c4)C3SC2)s1. The van der Waals surface area contributed by atoms with E-state index >= 15 is 0 Å². The first-order valence-electron chi connectivity index (χ1n) is 10.8. The van der Waals surface area contributed by atoms with Crippen molar-refractivity contribution in [2.24, 2.45) is 0 Å². The molecule has 1 aromatic carbocycles. The predicted molar refractivity (Wildman–Crippen MR) is 146 cm³/mol. The van der Waals surface area contributed by atoms with Crippen LogP contribution in [0.15, 0.2) is 35.1 Å². The van der Waals surface area contributed by atoms with Crippen LogP contribution in [0.3, 0.4) is 0 Å². The van der Waals surface area contributed by atoms with Crippen molar-refractivity contribution in [1.29, 1.82) is 0 Å². The molecule has 0 bridgehead atoms. The van der Waals surface area contributed by atoms with E-state index in [1.165, 1.54) is 28.0 Å². The molecule has 0 radical (unpaired) electrons. The highest BCUT2D eigenvalue weighted by molar-refractivity contribution is 8.04. The largest absolute Gasteiger partial charge is 0.481 e. The number of rotatable bonds is 10. The van der Waals surface area contributed by atoms with Gasteiger partial charge in [0.25, 0.3) is 0 Å². The number of carbonyl (C=O) groups excluding carboxylic acids is 2. The monoisotopic (exact) mass is 587 g/mol. The number of thiazole rings is 1. The molecule has 4 rings (SSSR count). The number of hydrogen-bond donors (Lipinski definition) is 3. The van der Waals surface area contributed by atoms with Crippen LogP contribution in [0.1, 0.15) is 11.3 Å². The van der Waals surface area contributed by atoms with Gasteiger partial charge in [-0.1, -0.05) is 34.5 Å². The summed E-state index contributed by atoms with van der Waals surface area (Å²) in [6.07, 6.45) is 1.01. The number of amides is 2. The third kappa shape index (κ3) is 6.12. The van der Waals surface area contributed by atoms with Gasteiger partial charge in [0.2, 0.25) is 11.8 Å². The Morgan fingerprint density at radius 3 is 2.78 bits per heavy atom. The number of anilines is 1. The van der Waals surface area contributed by atoms with Crippen molar-refractivity contribution in [3.63, 3.8) is 0 Å². The maximum Gasteiger partial charge on any atom is 0.312 e. The summed E-state index contributed by atoms with van der Waals surface area (Å²) in [5, 5.41) is 16.0. The Morgan fingerprint density at radius 1 is 1.31 bits per heavy atom. The second-order valence-electron chi connectivity index (χ2n) is 8.23. The summed E-state index contributed by atoms with van der Waals surface area (Å²) in [5.41, 5.74) is 0.736. The minimum Gasteiger partial charge on any atom is -0.481 e. The van der Waals surface area contributed by atoms with Gasteiger partial charge in [-0.3, -0.25) is 19.3 Å². The van der Waals surface area contributed by atoms with E-state index < -0.39 is 18.3 Å². The fourth-order valence-corrected chi connectivity index (χ4v) is 7.64. The summed E-state index contributed by atoms with van der Waals surface area (Å²) in [4.78, 5) is 46.4. The van der Waals surface area contributed by atoms with Gasteiger partial charge in [0.15, 0.2) is 5.13 Å². The molecule has 2 aliphatic heterocycles. The molecule has 1 aromatic heterocycles. The number of β-lactam (4-membered cyclic amide) rings is 1. The first kappa shape index (κ1) is 27.1. The van der Waals surface area contributed by atoms with E-state index in [4.69, 9.17) is 28.3 Å². The van der Waals surface area contributed by atoms with Crippen molar-refractivity contribution in [1.82, 2.24) is 20.1 Å². The topological polar surface area (TPSA) is 115 Å². The van der Waals surface area contributed by atoms with Crippen molar-refractivity contribution in [3.8, 4) is 0 Å². The molecule has 0 aliphatic carbocycles. The molecule has 2 amide bonds. The van der Waals surface area contributed by atoms with E-state index in [-0.39, 0.29) is 16.5 Å². The molecule has 14 heteroatoms. The Bertz CT molecular complexity index is 1220. The molecule has 0 spiro atoms. The van der Waals surface area contributed by atoms with Crippen molar-refractivity contribution in [2.45, 2.75) is 21.9 Å². The van der Waals surface area contributed by atoms with Crippen molar-refractivity contribution < 1.29 is 19.5 Å². The van der Waals surface area contributed by atoms with E-state index in [0.717, 1.165) is 33.6 Å². The summed E-state index contributed by atoms with van der Waals surface area (Å²) in [5.74, 6) is -1.27. The summed E-state index contributed by atoms with van der Waals surface area (Å²) in [6, 6.07) is 5.21. The quantitative estimate of drug-likeness (QED) is 0.282. The zero-order valence-corrected chi connectivity index (χ0v) is 23.2. The van der Waals surface area contributed by atoms with Crippen molar-refractivity contribution in [3.05, 3.63) is 45.1 Å². The number of aliphatic carboxylic acids is 1. The van der Waals surface area contributed by atoms with Crippen LogP contribution < -0.4 is 10.6 Å². The zero-order chi connectivity index (χ0) is 26.0. The van der Waals surface area contributed by atoms with Gasteiger partial charge >= 0.3 is 5.97 Å². The van der Waals surface area contributed by atoms with E-state index in [9.17, 15) is 14.4 Å². The maximum absolute atomic E-state index is 13.3. The number of halogens is 2. The molecule has 1 fully saturated rings. The molecule has 2 aliphatic rings. The van der Waals surface area contributed by atoms with Gasteiger partial charge in [-0.2, -0.15) is 0 Å². The number of aromatic nitrogens is 1. The molecule has 192 valence electrons. The minimum absolute atomic E-state index is 0.180. The molecular weight excluding hydrogens is 565 g/mol. The molecule has 3 heterocycles. The molecule has 2 unspecified atom stereocenters. The summed E-state index contributed by atoms with van der Waals surface area (Å²) < 4.78 is 0. The lowest BCUT2D eigenvalue weighted by molar-refractivity contribution is -0.140. The van der Waals surface area contributed by atoms with Gasteiger partial charge in [-0.05, 0) is 32.3 Å². The molecular formula is C22H23Cl2N5O4S3. The van der Waals surface area contributed by atoms with Crippen molar-refractivity contribution >= 4 is 86.6 Å². The number of likely N-dealkylation sites (N-methyl/N-ethyl adjacent to an activating group) is 1. The number of fused-ring (bicyclic) bond motifs is 1. The molecule has 9 nitrogen and oxygen atoms in total. The van der Waals surface area contributed by atoms with Crippen LogP contribution in [0.4, 0.5) is 5.13 Å². The van der Waals surface area contributed by atoms with Crippen LogP contribution in [-0.2, 0) is 14.4 Å². The Morgan fingerprint density at radius 2 is 2.08 bits per heavy atom. The van der Waals surface area contributed by atoms with Gasteiger partial charge in [-0.25, -0.2) is 4.98 Å². The number of carboxylic acids is 1. The molecule has 2 atom stereocenters. The summed E-state index contributed by atoms with van der Waals surface area (Å²) >= 11 is 16.5. The minimum atomic E-state index is -1.25. The lowest BCUT2D eigenvalue weighted by atomic mass is 10.1. The number of nitrogens with zero attached hydrogens (tertiary/aromatic N) is 3. The molecule has 0 saturated carbocycles. The normalized spacial score (nSPS) is 19.2. The number of carbonyl (C=O) groups is 3. The molecule has 2 aromatic rings. The predicted octanol–water partition coefficient (Wildman–Crippen LogP) is 3.76. The fourth-order valence-electron chi connectivity index (χ4n) is 3.54. The third-order valence-corrected chi connectivity index (χ3v) is 9.73. The van der Waals surface area contributed by atoms with E-state index in [2.05, 4.69) is 20.5 Å². The highest BCUT2D eigenvalue weighted by Gasteiger charge is 2.53. The Labute approximate surface area is 230 Å². The Hall–Kier alpha value is -1.96. The van der Waals surface area contributed by atoms with Gasteiger partial charge in [0.05, 0.1) is 14.9 Å². The van der Waals surface area contributed by atoms with E-state index in [0.29, 0.717) is 21.6 Å². The molecule has 36 heavy (non-hydrogen) atoms. The molecule has 3 N–H and O–H groups in total. The van der Waals surface area contributed by atoms with Gasteiger partial charge < -0.3 is 20.6 Å². The number of carboxylic acid groups (broad SMARTS) is 1. The number of hydrogen-bond acceptors (Lipinski definition) is 9. The number of thioether (sulfide) groups is 2. The van der Waals surface area contributed by atoms with E-state index in [1.54, 1.807) is 36.2 Å². The van der Waals surface area contributed by atoms with E-state index in [1.807, 2.05) is 14.1 Å². The zero-order valence-electron chi connectivity index (χ0n) is 19.3. The van der Waals surface area contributed by atoms with Crippen LogP contribution in [0.5, 0.6) is 0 Å². The van der Waals surface area contributed by atoms with Gasteiger partial charge in [-0.15, -0.1) is 23.5 Å². The summed E-state index contributed by atoms with van der Waals surface area (Å²) in [6.45, 7) is 1.56. The number of nitrogens with one attached hydrogen (secondary N) is 2. The Balaban J connectivity index is 1.57. The number of benzene rings is 1. The van der Waals surface area contributed by atoms with Crippen LogP contribution >= 0.6 is 58.1 Å². The average Bonchev–Trinajstić information content (AvgIpc) is 3.27. The maximum atomic E-state index is 13.3. The smallest absolute Gasteiger partial charge is 0.312 e. The second kappa shape index (κ2) is 11.6. The highest BCUT2D eigenvalue weighted by Crippen LogP contribution is 2.49. The average molecular weight is 589 g/mol. The second-order valence-corrected chi connectivity index (χ2v) is 12.4. The van der Waals surface area contributed by atoms with Crippen LogP contribution in [0.2, 0.25) is 10.0 Å². The lowest BCUT2D eigenvalue weighted by Gasteiger charge is -2.50. The van der Waals surface area contributed by atoms with Crippen molar-refractivity contribution in [2.75, 3.05) is 38.3 Å². The third-order valence-electron chi connectivity index (χ3n) is 5.28. The van der Waals surface area contributed by atoms with Crippen LogP contribution in [0.25, 0.3) is 5.57 Å². The van der Waals surface area contributed by atoms with Gasteiger partial charge in [0.1, 0.15) is 22.9 Å². The van der Waals surface area contributed by atoms with Crippen LogP contribution in [0, 0.1) is 0 Å². The van der Waals surface area contributed by atoms with Gasteiger partial charge in [0, 0.05) is 35.5 Å². The molecule has 1 saturated heterocycles. The highest BCUT2D eigenvalue weighted by atomic mass is 35.5. The lowest BCUT2D eigenvalue weighted by Crippen LogP contribution is -2.64. The summed E-state index contributed by atoms with van der Waals surface area (Å²) in [7, 11) is 3.97. The fraction of sp³-hybridized carbons (Fsp3) is 0.364.